The fourth-order valence-electron chi connectivity index (χ4n) is 2.31. The lowest BCUT2D eigenvalue weighted by Gasteiger charge is -2.31. The Bertz CT molecular complexity index is 366. The van der Waals surface area contributed by atoms with Crippen LogP contribution < -0.4 is 0 Å². The Morgan fingerprint density at radius 2 is 1.95 bits per heavy atom. The molecule has 0 fully saturated rings. The van der Waals surface area contributed by atoms with Gasteiger partial charge in [-0.25, -0.2) is 0 Å². The van der Waals surface area contributed by atoms with Gasteiger partial charge in [-0.3, -0.25) is 9.69 Å². The number of ether oxygens (including phenoxy) is 1. The van der Waals surface area contributed by atoms with E-state index >= 15 is 0 Å². The van der Waals surface area contributed by atoms with Crippen LogP contribution in [0.5, 0.6) is 0 Å². The van der Waals surface area contributed by atoms with E-state index in [4.69, 9.17) is 4.74 Å². The molecule has 1 unspecified atom stereocenters. The zero-order valence-corrected chi connectivity index (χ0v) is 13.4. The maximum atomic E-state index is 11.2. The summed E-state index contributed by atoms with van der Waals surface area (Å²) in [5, 5.41) is 2.02. The monoisotopic (exact) mass is 283 g/mol. The molecule has 0 saturated carbocycles. The van der Waals surface area contributed by atoms with Crippen LogP contribution in [0.15, 0.2) is 17.5 Å². The third-order valence-corrected chi connectivity index (χ3v) is 4.11. The quantitative estimate of drug-likeness (QED) is 0.712. The van der Waals surface area contributed by atoms with E-state index in [1.54, 1.807) is 11.3 Å². The van der Waals surface area contributed by atoms with Crippen LogP contribution in [0, 0.1) is 0 Å². The summed E-state index contributed by atoms with van der Waals surface area (Å²) in [5.41, 5.74) is 0. The Morgan fingerprint density at radius 1 is 1.32 bits per heavy atom. The maximum absolute atomic E-state index is 11.2. The van der Waals surface area contributed by atoms with Gasteiger partial charge in [0.15, 0.2) is 0 Å². The number of carbonyl (C=O) groups is 1. The minimum absolute atomic E-state index is 0.113. The standard InChI is InChI=1S/C15H25NO2S/c1-11(2)16(12(3)4)9-8-14(18-13(5)17)15-7-6-10-19-15/h6-7,10-12,14H,8-9H2,1-5H3. The molecule has 3 nitrogen and oxygen atoms in total. The summed E-state index contributed by atoms with van der Waals surface area (Å²) in [5.74, 6) is -0.209. The van der Waals surface area contributed by atoms with Gasteiger partial charge in [0, 0.05) is 36.9 Å². The van der Waals surface area contributed by atoms with E-state index in [0.717, 1.165) is 17.8 Å². The molecular weight excluding hydrogens is 258 g/mol. The maximum Gasteiger partial charge on any atom is 0.303 e. The molecule has 0 aliphatic heterocycles. The molecule has 0 radical (unpaired) electrons. The van der Waals surface area contributed by atoms with Gasteiger partial charge in [0.2, 0.25) is 0 Å². The Morgan fingerprint density at radius 3 is 2.37 bits per heavy atom. The van der Waals surface area contributed by atoms with E-state index in [-0.39, 0.29) is 12.1 Å². The van der Waals surface area contributed by atoms with Crippen LogP contribution in [0.4, 0.5) is 0 Å². The number of rotatable bonds is 7. The molecule has 4 heteroatoms. The van der Waals surface area contributed by atoms with E-state index in [1.165, 1.54) is 6.92 Å². The second-order valence-corrected chi connectivity index (χ2v) is 6.31. The van der Waals surface area contributed by atoms with Gasteiger partial charge in [-0.1, -0.05) is 6.07 Å². The summed E-state index contributed by atoms with van der Waals surface area (Å²) >= 11 is 1.65. The molecule has 0 aliphatic carbocycles. The predicted octanol–water partition coefficient (Wildman–Crippen LogP) is 3.86. The van der Waals surface area contributed by atoms with Crippen LogP contribution in [-0.2, 0) is 9.53 Å². The molecule has 1 aromatic rings. The van der Waals surface area contributed by atoms with Gasteiger partial charge < -0.3 is 4.74 Å². The van der Waals surface area contributed by atoms with Crippen molar-refractivity contribution in [2.45, 2.75) is 59.2 Å². The van der Waals surface area contributed by atoms with Gasteiger partial charge in [0.05, 0.1) is 0 Å². The summed E-state index contributed by atoms with van der Waals surface area (Å²) in [6.07, 6.45) is 0.730. The first-order valence-electron chi connectivity index (χ1n) is 6.88. The van der Waals surface area contributed by atoms with E-state index in [0.29, 0.717) is 12.1 Å². The highest BCUT2D eigenvalue weighted by molar-refractivity contribution is 7.10. The Labute approximate surface area is 120 Å². The smallest absolute Gasteiger partial charge is 0.303 e. The van der Waals surface area contributed by atoms with E-state index in [1.807, 2.05) is 17.5 Å². The average molecular weight is 283 g/mol. The average Bonchev–Trinajstić information content (AvgIpc) is 2.79. The Kier molecular flexibility index (Phi) is 6.52. The van der Waals surface area contributed by atoms with Crippen molar-refractivity contribution < 1.29 is 9.53 Å². The number of hydrogen-bond donors (Lipinski definition) is 0. The fraction of sp³-hybridized carbons (Fsp3) is 0.667. The first-order chi connectivity index (χ1) is 8.91. The predicted molar refractivity (Wildman–Crippen MR) is 80.4 cm³/mol. The number of hydrogen-bond acceptors (Lipinski definition) is 4. The molecule has 0 amide bonds. The summed E-state index contributed by atoms with van der Waals surface area (Å²) in [7, 11) is 0. The van der Waals surface area contributed by atoms with E-state index in [9.17, 15) is 4.79 Å². The Hall–Kier alpha value is -0.870. The van der Waals surface area contributed by atoms with Gasteiger partial charge in [-0.2, -0.15) is 0 Å². The van der Waals surface area contributed by atoms with Crippen LogP contribution in [-0.4, -0.2) is 29.5 Å². The van der Waals surface area contributed by atoms with Crippen LogP contribution in [0.3, 0.4) is 0 Å². The van der Waals surface area contributed by atoms with Crippen LogP contribution in [0.1, 0.15) is 52.0 Å². The lowest BCUT2D eigenvalue weighted by Crippen LogP contribution is -2.38. The zero-order chi connectivity index (χ0) is 14.4. The highest BCUT2D eigenvalue weighted by Gasteiger charge is 2.20. The largest absolute Gasteiger partial charge is 0.457 e. The minimum Gasteiger partial charge on any atom is -0.457 e. The molecule has 19 heavy (non-hydrogen) atoms. The van der Waals surface area contributed by atoms with Gasteiger partial charge in [-0.05, 0) is 39.1 Å². The van der Waals surface area contributed by atoms with Crippen molar-refractivity contribution in [2.24, 2.45) is 0 Å². The second-order valence-electron chi connectivity index (χ2n) is 5.33. The van der Waals surface area contributed by atoms with Gasteiger partial charge in [-0.15, -0.1) is 11.3 Å². The molecule has 1 atom stereocenters. The highest BCUT2D eigenvalue weighted by atomic mass is 32.1. The molecule has 1 aromatic heterocycles. The van der Waals surface area contributed by atoms with Gasteiger partial charge in [0.25, 0.3) is 0 Å². The summed E-state index contributed by atoms with van der Waals surface area (Å²) in [6.45, 7) is 11.2. The number of esters is 1. The van der Waals surface area contributed by atoms with Gasteiger partial charge >= 0.3 is 5.97 Å². The third-order valence-electron chi connectivity index (χ3n) is 3.14. The summed E-state index contributed by atoms with van der Waals surface area (Å²) in [6, 6.07) is 5.04. The van der Waals surface area contributed by atoms with Crippen LogP contribution in [0.2, 0.25) is 0 Å². The van der Waals surface area contributed by atoms with Crippen LogP contribution in [0.25, 0.3) is 0 Å². The van der Waals surface area contributed by atoms with E-state index in [2.05, 4.69) is 32.6 Å². The SMILES string of the molecule is CC(=O)OC(CCN(C(C)C)C(C)C)c1cccs1. The zero-order valence-electron chi connectivity index (χ0n) is 12.6. The van der Waals surface area contributed by atoms with Crippen molar-refractivity contribution in [2.75, 3.05) is 6.54 Å². The number of nitrogens with zero attached hydrogens (tertiary/aromatic N) is 1. The molecule has 0 aromatic carbocycles. The molecule has 0 N–H and O–H groups in total. The first kappa shape index (κ1) is 16.2. The van der Waals surface area contributed by atoms with Crippen LogP contribution >= 0.6 is 11.3 Å². The summed E-state index contributed by atoms with van der Waals surface area (Å²) in [4.78, 5) is 14.8. The lowest BCUT2D eigenvalue weighted by atomic mass is 10.1. The molecule has 1 heterocycles. The molecule has 108 valence electrons. The Balaban J connectivity index is 2.65. The van der Waals surface area contributed by atoms with E-state index < -0.39 is 0 Å². The molecule has 1 rings (SSSR count). The number of carbonyl (C=O) groups excluding carboxylic acids is 1. The van der Waals surface area contributed by atoms with Crippen molar-refractivity contribution in [3.8, 4) is 0 Å². The normalized spacial score (nSPS) is 13.3. The highest BCUT2D eigenvalue weighted by Crippen LogP contribution is 2.26. The molecule has 0 bridgehead atoms. The number of thiophene rings is 1. The van der Waals surface area contributed by atoms with Gasteiger partial charge in [0.1, 0.15) is 6.10 Å². The minimum atomic E-state index is -0.209. The van der Waals surface area contributed by atoms with Crippen molar-refractivity contribution in [1.82, 2.24) is 4.90 Å². The lowest BCUT2D eigenvalue weighted by molar-refractivity contribution is -0.147. The first-order valence-corrected chi connectivity index (χ1v) is 7.76. The molecule has 0 aliphatic rings. The van der Waals surface area contributed by atoms with Crippen molar-refractivity contribution in [3.05, 3.63) is 22.4 Å². The summed E-state index contributed by atoms with van der Waals surface area (Å²) < 4.78 is 5.45. The fourth-order valence-corrected chi connectivity index (χ4v) is 3.10. The third kappa shape index (κ3) is 5.33. The topological polar surface area (TPSA) is 29.5 Å². The van der Waals surface area contributed by atoms with Crippen molar-refractivity contribution in [1.29, 1.82) is 0 Å². The molecule has 0 saturated heterocycles. The van der Waals surface area contributed by atoms with Crippen molar-refractivity contribution in [3.63, 3.8) is 0 Å². The van der Waals surface area contributed by atoms with Crippen molar-refractivity contribution >= 4 is 17.3 Å². The second kappa shape index (κ2) is 7.65. The molecule has 0 spiro atoms. The molecular formula is C15H25NO2S.